The van der Waals surface area contributed by atoms with Gasteiger partial charge in [-0.25, -0.2) is 0 Å². The van der Waals surface area contributed by atoms with Crippen LogP contribution in [0.1, 0.15) is 38.0 Å². The summed E-state index contributed by atoms with van der Waals surface area (Å²) in [5.74, 6) is 1.34. The van der Waals surface area contributed by atoms with Crippen LogP contribution in [0.4, 0.5) is 0 Å². The summed E-state index contributed by atoms with van der Waals surface area (Å²) in [7, 11) is 0. The Kier molecular flexibility index (Phi) is 5.56. The molecule has 0 atom stereocenters. The van der Waals surface area contributed by atoms with Gasteiger partial charge in [-0.2, -0.15) is 4.98 Å². The number of hydrogen-bond donors (Lipinski definition) is 1. The standard InChI is InChI=1S/C15H19N3O.ClH/c1-3-7-12(8-4-1)15-17-14(19-18-15)11-16-13-9-5-2-6-10-13;/h1,3-4,7-8,13,16H,2,5-6,9-11H2;1H. The van der Waals surface area contributed by atoms with E-state index in [1.165, 1.54) is 32.1 Å². The summed E-state index contributed by atoms with van der Waals surface area (Å²) in [4.78, 5) is 4.42. The van der Waals surface area contributed by atoms with Crippen molar-refractivity contribution in [2.24, 2.45) is 0 Å². The number of benzene rings is 1. The Morgan fingerprint density at radius 1 is 1.10 bits per heavy atom. The molecule has 0 bridgehead atoms. The Bertz CT molecular complexity index is 509. The lowest BCUT2D eigenvalue weighted by Crippen LogP contribution is -2.30. The van der Waals surface area contributed by atoms with E-state index in [0.717, 1.165) is 5.56 Å². The summed E-state index contributed by atoms with van der Waals surface area (Å²) in [5.41, 5.74) is 0.996. The van der Waals surface area contributed by atoms with Gasteiger partial charge in [-0.05, 0) is 12.8 Å². The Labute approximate surface area is 125 Å². The third-order valence-electron chi connectivity index (χ3n) is 3.65. The van der Waals surface area contributed by atoms with Crippen molar-refractivity contribution >= 4 is 12.4 Å². The minimum atomic E-state index is 0. The maximum Gasteiger partial charge on any atom is 0.240 e. The van der Waals surface area contributed by atoms with Gasteiger partial charge < -0.3 is 9.84 Å². The molecule has 0 unspecified atom stereocenters. The highest BCUT2D eigenvalue weighted by molar-refractivity contribution is 5.85. The van der Waals surface area contributed by atoms with Crippen molar-refractivity contribution in [1.82, 2.24) is 15.5 Å². The highest BCUT2D eigenvalue weighted by atomic mass is 35.5. The van der Waals surface area contributed by atoms with E-state index in [4.69, 9.17) is 4.52 Å². The fourth-order valence-electron chi connectivity index (χ4n) is 2.57. The van der Waals surface area contributed by atoms with Gasteiger partial charge in [0.05, 0.1) is 6.54 Å². The molecule has 1 N–H and O–H groups in total. The van der Waals surface area contributed by atoms with E-state index in [2.05, 4.69) is 15.5 Å². The Morgan fingerprint density at radius 3 is 2.60 bits per heavy atom. The smallest absolute Gasteiger partial charge is 0.240 e. The predicted molar refractivity (Wildman–Crippen MR) is 80.7 cm³/mol. The van der Waals surface area contributed by atoms with Crippen molar-refractivity contribution in [2.45, 2.75) is 44.7 Å². The van der Waals surface area contributed by atoms with Crippen molar-refractivity contribution < 1.29 is 4.52 Å². The topological polar surface area (TPSA) is 51.0 Å². The second kappa shape index (κ2) is 7.41. The molecule has 1 fully saturated rings. The highest BCUT2D eigenvalue weighted by Crippen LogP contribution is 2.18. The van der Waals surface area contributed by atoms with Gasteiger partial charge in [-0.3, -0.25) is 0 Å². The molecule has 5 heteroatoms. The van der Waals surface area contributed by atoms with E-state index in [1.807, 2.05) is 30.3 Å². The monoisotopic (exact) mass is 293 g/mol. The zero-order chi connectivity index (χ0) is 12.9. The van der Waals surface area contributed by atoms with Gasteiger partial charge in [0.2, 0.25) is 11.7 Å². The summed E-state index contributed by atoms with van der Waals surface area (Å²) >= 11 is 0. The molecular weight excluding hydrogens is 274 g/mol. The first-order chi connectivity index (χ1) is 9.42. The maximum absolute atomic E-state index is 5.29. The zero-order valence-corrected chi connectivity index (χ0v) is 12.2. The summed E-state index contributed by atoms with van der Waals surface area (Å²) in [5, 5.41) is 7.53. The molecule has 0 radical (unpaired) electrons. The van der Waals surface area contributed by atoms with Crippen LogP contribution in [0.25, 0.3) is 11.4 Å². The fraction of sp³-hybridized carbons (Fsp3) is 0.467. The molecule has 1 aromatic heterocycles. The largest absolute Gasteiger partial charge is 0.338 e. The van der Waals surface area contributed by atoms with Gasteiger partial charge in [0.1, 0.15) is 0 Å². The minimum Gasteiger partial charge on any atom is -0.338 e. The zero-order valence-electron chi connectivity index (χ0n) is 11.4. The molecule has 1 heterocycles. The molecule has 0 aliphatic heterocycles. The molecule has 4 nitrogen and oxygen atoms in total. The number of halogens is 1. The number of nitrogens with one attached hydrogen (secondary N) is 1. The van der Waals surface area contributed by atoms with Crippen molar-refractivity contribution in [3.63, 3.8) is 0 Å². The molecule has 20 heavy (non-hydrogen) atoms. The quantitative estimate of drug-likeness (QED) is 0.936. The predicted octanol–water partition coefficient (Wildman–Crippen LogP) is 3.58. The Hall–Kier alpha value is -1.39. The van der Waals surface area contributed by atoms with Crippen LogP contribution in [0.2, 0.25) is 0 Å². The highest BCUT2D eigenvalue weighted by Gasteiger charge is 2.14. The fourth-order valence-corrected chi connectivity index (χ4v) is 2.57. The molecule has 1 aliphatic carbocycles. The molecule has 0 amide bonds. The molecule has 1 aromatic carbocycles. The van der Waals surface area contributed by atoms with E-state index in [1.54, 1.807) is 0 Å². The summed E-state index contributed by atoms with van der Waals surface area (Å²) < 4.78 is 5.29. The summed E-state index contributed by atoms with van der Waals surface area (Å²) in [6.07, 6.45) is 6.56. The maximum atomic E-state index is 5.29. The molecule has 2 aromatic rings. The summed E-state index contributed by atoms with van der Waals surface area (Å²) in [6.45, 7) is 0.671. The summed E-state index contributed by atoms with van der Waals surface area (Å²) in [6, 6.07) is 10.5. The molecule has 3 rings (SSSR count). The SMILES string of the molecule is Cl.c1ccc(-c2noc(CNC3CCCCC3)n2)cc1. The molecule has 1 aliphatic rings. The van der Waals surface area contributed by atoms with Crippen molar-refractivity contribution in [3.8, 4) is 11.4 Å². The van der Waals surface area contributed by atoms with E-state index in [0.29, 0.717) is 24.3 Å². The number of nitrogens with zero attached hydrogens (tertiary/aromatic N) is 2. The lowest BCUT2D eigenvalue weighted by atomic mass is 9.95. The van der Waals surface area contributed by atoms with Crippen LogP contribution in [-0.2, 0) is 6.54 Å². The van der Waals surface area contributed by atoms with Crippen molar-refractivity contribution in [2.75, 3.05) is 0 Å². The normalized spacial score (nSPS) is 15.8. The first-order valence-electron chi connectivity index (χ1n) is 7.03. The van der Waals surface area contributed by atoms with E-state index >= 15 is 0 Å². The first kappa shape index (κ1) is 15.0. The van der Waals surface area contributed by atoms with Crippen molar-refractivity contribution in [3.05, 3.63) is 36.2 Å². The first-order valence-corrected chi connectivity index (χ1v) is 7.03. The van der Waals surface area contributed by atoms with Crippen LogP contribution >= 0.6 is 12.4 Å². The van der Waals surface area contributed by atoms with E-state index in [-0.39, 0.29) is 12.4 Å². The van der Waals surface area contributed by atoms with Gasteiger partial charge in [0.15, 0.2) is 0 Å². The van der Waals surface area contributed by atoms with Gasteiger partial charge in [-0.15, -0.1) is 12.4 Å². The third-order valence-corrected chi connectivity index (χ3v) is 3.65. The number of rotatable bonds is 4. The molecular formula is C15H20ClN3O. The van der Waals surface area contributed by atoms with Crippen LogP contribution < -0.4 is 5.32 Å². The van der Waals surface area contributed by atoms with Crippen LogP contribution in [0.15, 0.2) is 34.9 Å². The lowest BCUT2D eigenvalue weighted by Gasteiger charge is -2.21. The van der Waals surface area contributed by atoms with Crippen LogP contribution in [0, 0.1) is 0 Å². The van der Waals surface area contributed by atoms with E-state index < -0.39 is 0 Å². The van der Waals surface area contributed by atoms with Gasteiger partial charge >= 0.3 is 0 Å². The van der Waals surface area contributed by atoms with Crippen LogP contribution in [0.5, 0.6) is 0 Å². The molecule has 0 saturated heterocycles. The van der Waals surface area contributed by atoms with Gasteiger partial charge in [0.25, 0.3) is 0 Å². The second-order valence-corrected chi connectivity index (χ2v) is 5.09. The number of hydrogen-bond acceptors (Lipinski definition) is 4. The van der Waals surface area contributed by atoms with Crippen molar-refractivity contribution in [1.29, 1.82) is 0 Å². The van der Waals surface area contributed by atoms with Crippen LogP contribution in [-0.4, -0.2) is 16.2 Å². The Morgan fingerprint density at radius 2 is 1.85 bits per heavy atom. The van der Waals surface area contributed by atoms with Crippen LogP contribution in [0.3, 0.4) is 0 Å². The van der Waals surface area contributed by atoms with Gasteiger partial charge in [-0.1, -0.05) is 54.8 Å². The third kappa shape index (κ3) is 3.81. The van der Waals surface area contributed by atoms with E-state index in [9.17, 15) is 0 Å². The minimum absolute atomic E-state index is 0. The average molecular weight is 294 g/mol. The lowest BCUT2D eigenvalue weighted by molar-refractivity contribution is 0.327. The average Bonchev–Trinajstić information content (AvgIpc) is 2.96. The second-order valence-electron chi connectivity index (χ2n) is 5.09. The molecule has 0 spiro atoms. The Balaban J connectivity index is 0.00000147. The number of aromatic nitrogens is 2. The molecule has 108 valence electrons. The molecule has 1 saturated carbocycles. The van der Waals surface area contributed by atoms with Gasteiger partial charge in [0, 0.05) is 11.6 Å².